The molecule has 0 aliphatic heterocycles. The molecule has 1 atom stereocenters. The summed E-state index contributed by atoms with van der Waals surface area (Å²) >= 11 is 0. The fourth-order valence-electron chi connectivity index (χ4n) is 5.42. The van der Waals surface area contributed by atoms with Crippen LogP contribution in [0.4, 0.5) is 0 Å². The molecule has 3 heterocycles. The predicted octanol–water partition coefficient (Wildman–Crippen LogP) is 5.14. The third-order valence-electron chi connectivity index (χ3n) is 7.35. The molecule has 1 saturated carbocycles. The van der Waals surface area contributed by atoms with Crippen LogP contribution >= 0.6 is 0 Å². The predicted molar refractivity (Wildman–Crippen MR) is 141 cm³/mol. The van der Waals surface area contributed by atoms with Gasteiger partial charge in [0.25, 0.3) is 5.91 Å². The number of carbonyl (C=O) groups excluding carboxylic acids is 1. The van der Waals surface area contributed by atoms with Crippen molar-refractivity contribution in [1.29, 1.82) is 0 Å². The van der Waals surface area contributed by atoms with Crippen LogP contribution in [0.15, 0.2) is 77.9 Å². The van der Waals surface area contributed by atoms with E-state index >= 15 is 0 Å². The van der Waals surface area contributed by atoms with Gasteiger partial charge in [-0.05, 0) is 61.2 Å². The number of aromatic nitrogens is 4. The lowest BCUT2D eigenvalue weighted by Crippen LogP contribution is -2.33. The van der Waals surface area contributed by atoms with Gasteiger partial charge in [-0.2, -0.15) is 5.10 Å². The Kier molecular flexibility index (Phi) is 5.60. The van der Waals surface area contributed by atoms with Crippen LogP contribution in [-0.4, -0.2) is 25.7 Å². The topological polar surface area (TPSA) is 92.7 Å². The maximum atomic E-state index is 13.4. The van der Waals surface area contributed by atoms with E-state index in [-0.39, 0.29) is 17.4 Å². The molecular weight excluding hydrogens is 450 g/mol. The number of nitrogens with zero attached hydrogens (tertiary/aromatic N) is 3. The highest BCUT2D eigenvalue weighted by Gasteiger charge is 2.29. The van der Waals surface area contributed by atoms with Gasteiger partial charge in [-0.25, -0.2) is 0 Å². The minimum absolute atomic E-state index is 0.0302. The van der Waals surface area contributed by atoms with Crippen LogP contribution in [0.3, 0.4) is 0 Å². The Labute approximate surface area is 208 Å². The Balaban J connectivity index is 1.36. The number of aryl methyl sites for hydroxylation is 1. The number of rotatable bonds is 5. The Hall–Kier alpha value is -4.26. The van der Waals surface area contributed by atoms with Gasteiger partial charge in [0, 0.05) is 47.4 Å². The summed E-state index contributed by atoms with van der Waals surface area (Å²) in [5.74, 6) is 0.260. The normalized spacial score (nSPS) is 14.9. The average Bonchev–Trinajstić information content (AvgIpc) is 3.60. The molecule has 0 radical (unpaired) electrons. The third kappa shape index (κ3) is 3.96. The van der Waals surface area contributed by atoms with Crippen molar-refractivity contribution in [3.8, 4) is 11.3 Å². The van der Waals surface area contributed by atoms with Crippen molar-refractivity contribution in [1.82, 2.24) is 25.1 Å². The highest BCUT2D eigenvalue weighted by atomic mass is 16.1. The standard InChI is InChI=1S/C29H27N5O2/c1-34-15-13-26(35)22-16-19(10-12-25(22)34)27-21-17-20(9-11-23(21)32-33-27)29(36)31-28(18-6-2-3-7-18)24-8-4-5-14-30-24/h4-5,8-18,28H,2-3,6-7H2,1H3,(H,31,36)(H,32,33)/t28-/m0/s1. The molecule has 3 aromatic heterocycles. The van der Waals surface area contributed by atoms with Gasteiger partial charge >= 0.3 is 0 Å². The number of amides is 1. The summed E-state index contributed by atoms with van der Waals surface area (Å²) in [5, 5.41) is 12.3. The Morgan fingerprint density at radius 2 is 1.92 bits per heavy atom. The lowest BCUT2D eigenvalue weighted by molar-refractivity contribution is 0.0920. The van der Waals surface area contributed by atoms with E-state index in [9.17, 15) is 9.59 Å². The summed E-state index contributed by atoms with van der Waals surface area (Å²) in [6.07, 6.45) is 8.10. The van der Waals surface area contributed by atoms with Crippen molar-refractivity contribution < 1.29 is 4.79 Å². The van der Waals surface area contributed by atoms with Crippen molar-refractivity contribution in [3.63, 3.8) is 0 Å². The zero-order valence-electron chi connectivity index (χ0n) is 20.1. The van der Waals surface area contributed by atoms with Crippen molar-refractivity contribution in [2.75, 3.05) is 0 Å². The number of pyridine rings is 2. The van der Waals surface area contributed by atoms with Crippen LogP contribution in [0.25, 0.3) is 33.1 Å². The van der Waals surface area contributed by atoms with Crippen LogP contribution in [-0.2, 0) is 7.05 Å². The third-order valence-corrected chi connectivity index (χ3v) is 7.35. The molecule has 1 amide bonds. The molecule has 2 aromatic carbocycles. The fraction of sp³-hybridized carbons (Fsp3) is 0.241. The molecule has 1 fully saturated rings. The number of hydrogen-bond acceptors (Lipinski definition) is 4. The van der Waals surface area contributed by atoms with Crippen LogP contribution in [0, 0.1) is 5.92 Å². The van der Waals surface area contributed by atoms with Crippen molar-refractivity contribution in [2.24, 2.45) is 13.0 Å². The van der Waals surface area contributed by atoms with E-state index in [1.165, 1.54) is 12.8 Å². The Morgan fingerprint density at radius 1 is 1.06 bits per heavy atom. The smallest absolute Gasteiger partial charge is 0.251 e. The van der Waals surface area contributed by atoms with E-state index in [1.807, 2.05) is 66.2 Å². The van der Waals surface area contributed by atoms with E-state index < -0.39 is 0 Å². The van der Waals surface area contributed by atoms with Gasteiger partial charge < -0.3 is 9.88 Å². The lowest BCUT2D eigenvalue weighted by atomic mass is 9.94. The van der Waals surface area contributed by atoms with Crippen molar-refractivity contribution in [2.45, 2.75) is 31.7 Å². The van der Waals surface area contributed by atoms with E-state index in [1.54, 1.807) is 18.5 Å². The first kappa shape index (κ1) is 22.2. The summed E-state index contributed by atoms with van der Waals surface area (Å²) in [4.78, 5) is 30.5. The molecule has 0 unspecified atom stereocenters. The fourth-order valence-corrected chi connectivity index (χ4v) is 5.42. The molecule has 1 aliphatic rings. The number of H-pyrrole nitrogens is 1. The van der Waals surface area contributed by atoms with Crippen molar-refractivity contribution in [3.05, 3.63) is 94.5 Å². The van der Waals surface area contributed by atoms with E-state index in [4.69, 9.17) is 0 Å². The molecule has 180 valence electrons. The van der Waals surface area contributed by atoms with Gasteiger partial charge in [0.05, 0.1) is 28.5 Å². The average molecular weight is 478 g/mol. The number of hydrogen-bond donors (Lipinski definition) is 2. The molecular formula is C29H27N5O2. The molecule has 7 nitrogen and oxygen atoms in total. The summed E-state index contributed by atoms with van der Waals surface area (Å²) < 4.78 is 1.92. The second kappa shape index (κ2) is 9.07. The summed E-state index contributed by atoms with van der Waals surface area (Å²) in [7, 11) is 1.92. The lowest BCUT2D eigenvalue weighted by Gasteiger charge is -2.24. The first-order chi connectivity index (χ1) is 17.6. The van der Waals surface area contributed by atoms with Crippen LogP contribution < -0.4 is 10.7 Å². The molecule has 5 aromatic rings. The first-order valence-corrected chi connectivity index (χ1v) is 12.4. The maximum absolute atomic E-state index is 13.4. The molecule has 0 bridgehead atoms. The number of aromatic amines is 1. The first-order valence-electron chi connectivity index (χ1n) is 12.4. The molecule has 1 aliphatic carbocycles. The Bertz CT molecular complexity index is 1630. The summed E-state index contributed by atoms with van der Waals surface area (Å²) in [5.41, 5.74) is 4.67. The molecule has 36 heavy (non-hydrogen) atoms. The maximum Gasteiger partial charge on any atom is 0.251 e. The minimum Gasteiger partial charge on any atom is -0.350 e. The van der Waals surface area contributed by atoms with E-state index in [0.717, 1.165) is 40.5 Å². The van der Waals surface area contributed by atoms with E-state index in [0.29, 0.717) is 22.6 Å². The molecule has 6 rings (SSSR count). The summed E-state index contributed by atoms with van der Waals surface area (Å²) in [6, 6.07) is 18.7. The zero-order valence-corrected chi connectivity index (χ0v) is 20.1. The zero-order chi connectivity index (χ0) is 24.6. The molecule has 7 heteroatoms. The van der Waals surface area contributed by atoms with Crippen LogP contribution in [0.1, 0.15) is 47.8 Å². The Morgan fingerprint density at radius 3 is 2.72 bits per heavy atom. The van der Waals surface area contributed by atoms with E-state index in [2.05, 4.69) is 20.5 Å². The van der Waals surface area contributed by atoms with Gasteiger partial charge in [0.2, 0.25) is 0 Å². The van der Waals surface area contributed by atoms with Gasteiger partial charge in [-0.15, -0.1) is 0 Å². The largest absolute Gasteiger partial charge is 0.350 e. The summed E-state index contributed by atoms with van der Waals surface area (Å²) in [6.45, 7) is 0. The van der Waals surface area contributed by atoms with Crippen LogP contribution in [0.5, 0.6) is 0 Å². The second-order valence-electron chi connectivity index (χ2n) is 9.61. The number of carbonyl (C=O) groups is 1. The SMILES string of the molecule is Cn1ccc(=O)c2cc(-c3n[nH]c4ccc(C(=O)N[C@H](c5ccccn5)C5CCCC5)cc34)ccc21. The van der Waals surface area contributed by atoms with Gasteiger partial charge in [-0.1, -0.05) is 25.0 Å². The quantitative estimate of drug-likeness (QED) is 0.367. The molecule has 0 spiro atoms. The van der Waals surface area contributed by atoms with Crippen molar-refractivity contribution >= 4 is 27.7 Å². The number of fused-ring (bicyclic) bond motifs is 2. The monoisotopic (exact) mass is 477 g/mol. The molecule has 0 saturated heterocycles. The molecule has 2 N–H and O–H groups in total. The van der Waals surface area contributed by atoms with Gasteiger partial charge in [0.15, 0.2) is 5.43 Å². The van der Waals surface area contributed by atoms with Gasteiger partial charge in [-0.3, -0.25) is 19.7 Å². The second-order valence-corrected chi connectivity index (χ2v) is 9.61. The number of nitrogens with one attached hydrogen (secondary N) is 2. The number of benzene rings is 2. The highest BCUT2D eigenvalue weighted by Crippen LogP contribution is 2.35. The van der Waals surface area contributed by atoms with Crippen LogP contribution in [0.2, 0.25) is 0 Å². The minimum atomic E-state index is -0.126. The van der Waals surface area contributed by atoms with Gasteiger partial charge in [0.1, 0.15) is 0 Å². The highest BCUT2D eigenvalue weighted by molar-refractivity contribution is 6.02.